The molecule has 0 fully saturated rings. The minimum atomic E-state index is -0.548. The Hall–Kier alpha value is -3.19. The monoisotopic (exact) mass is 410 g/mol. The second kappa shape index (κ2) is 8.87. The van der Waals surface area contributed by atoms with Crippen LogP contribution >= 0.6 is 11.3 Å². The topological polar surface area (TPSA) is 75.7 Å². The summed E-state index contributed by atoms with van der Waals surface area (Å²) in [6.45, 7) is 3.27. The number of fused-ring (bicyclic) bond motifs is 1. The first-order chi connectivity index (χ1) is 13.8. The van der Waals surface area contributed by atoms with E-state index in [1.807, 2.05) is 56.3 Å². The smallest absolute Gasteiger partial charge is 0.348 e. The molecule has 0 unspecified atom stereocenters. The van der Waals surface area contributed by atoms with Crippen LogP contribution in [0, 0.1) is 13.8 Å². The Morgan fingerprint density at radius 3 is 2.41 bits per heavy atom. The highest BCUT2D eigenvalue weighted by atomic mass is 32.1. The molecule has 150 valence electrons. The van der Waals surface area contributed by atoms with Gasteiger partial charge in [-0.2, -0.15) is 0 Å². The summed E-state index contributed by atoms with van der Waals surface area (Å²) in [4.78, 5) is 38.4. The van der Waals surface area contributed by atoms with E-state index in [2.05, 4.69) is 5.32 Å². The summed E-state index contributed by atoms with van der Waals surface area (Å²) in [5.74, 6) is -1.31. The van der Waals surface area contributed by atoms with Crippen molar-refractivity contribution in [2.45, 2.75) is 13.8 Å². The van der Waals surface area contributed by atoms with E-state index in [1.54, 1.807) is 6.07 Å². The molecule has 2 aromatic carbocycles. The zero-order chi connectivity index (χ0) is 21.0. The number of rotatable bonds is 6. The molecular formula is C22H22N2O4S. The molecule has 1 N–H and O–H groups in total. The average molecular weight is 410 g/mol. The van der Waals surface area contributed by atoms with E-state index in [0.29, 0.717) is 4.88 Å². The van der Waals surface area contributed by atoms with Crippen LogP contribution in [0.5, 0.6) is 0 Å². The quantitative estimate of drug-likeness (QED) is 0.628. The van der Waals surface area contributed by atoms with Crippen molar-refractivity contribution in [3.05, 3.63) is 64.5 Å². The van der Waals surface area contributed by atoms with E-state index >= 15 is 0 Å². The highest BCUT2D eigenvalue weighted by Gasteiger charge is 2.18. The van der Waals surface area contributed by atoms with Gasteiger partial charge in [-0.05, 0) is 42.5 Å². The molecule has 2 amide bonds. The van der Waals surface area contributed by atoms with Gasteiger partial charge in [0.05, 0.1) is 6.54 Å². The number of aryl methyl sites for hydroxylation is 2. The number of nitrogens with one attached hydrogen (secondary N) is 1. The predicted octanol–water partition coefficient (Wildman–Crippen LogP) is 3.77. The second-order valence-electron chi connectivity index (χ2n) is 6.79. The zero-order valence-corrected chi connectivity index (χ0v) is 17.3. The number of hydrogen-bond acceptors (Lipinski definition) is 5. The number of likely N-dealkylation sites (N-methyl/N-ethyl adjacent to an activating group) is 1. The SMILES string of the molecule is Cc1cccc(C)c1NC(=O)CN(C)C(=O)COC(=O)c1cc2ccccc2s1. The molecule has 0 aliphatic rings. The average Bonchev–Trinajstić information content (AvgIpc) is 3.13. The number of hydrogen-bond donors (Lipinski definition) is 1. The van der Waals surface area contributed by atoms with Crippen molar-refractivity contribution in [3.8, 4) is 0 Å². The first-order valence-electron chi connectivity index (χ1n) is 9.11. The van der Waals surface area contributed by atoms with Gasteiger partial charge in [0.1, 0.15) is 4.88 Å². The minimum absolute atomic E-state index is 0.132. The van der Waals surface area contributed by atoms with E-state index in [9.17, 15) is 14.4 Å². The lowest BCUT2D eigenvalue weighted by Gasteiger charge is -2.18. The second-order valence-corrected chi connectivity index (χ2v) is 7.87. The molecule has 7 heteroatoms. The molecule has 0 saturated carbocycles. The Morgan fingerprint density at radius 2 is 1.72 bits per heavy atom. The van der Waals surface area contributed by atoms with E-state index < -0.39 is 18.5 Å². The summed E-state index contributed by atoms with van der Waals surface area (Å²) in [7, 11) is 1.50. The van der Waals surface area contributed by atoms with Gasteiger partial charge in [-0.1, -0.05) is 36.4 Å². The molecule has 1 heterocycles. The maximum absolute atomic E-state index is 12.3. The molecule has 0 saturated heterocycles. The maximum atomic E-state index is 12.3. The first kappa shape index (κ1) is 20.5. The summed E-state index contributed by atoms with van der Waals surface area (Å²) in [6, 6.07) is 15.1. The number of anilines is 1. The molecule has 29 heavy (non-hydrogen) atoms. The number of benzene rings is 2. The van der Waals surface area contributed by atoms with Crippen molar-refractivity contribution in [2.24, 2.45) is 0 Å². The van der Waals surface area contributed by atoms with Crippen molar-refractivity contribution in [1.29, 1.82) is 0 Å². The van der Waals surface area contributed by atoms with Gasteiger partial charge in [-0.3, -0.25) is 9.59 Å². The van der Waals surface area contributed by atoms with Gasteiger partial charge in [0.2, 0.25) is 5.91 Å². The summed E-state index contributed by atoms with van der Waals surface area (Å²) in [6.07, 6.45) is 0. The number of carbonyl (C=O) groups is 3. The lowest BCUT2D eigenvalue weighted by Crippen LogP contribution is -2.37. The van der Waals surface area contributed by atoms with E-state index in [1.165, 1.54) is 23.3 Å². The van der Waals surface area contributed by atoms with Crippen LogP contribution in [0.4, 0.5) is 5.69 Å². The van der Waals surface area contributed by atoms with Crippen LogP contribution in [0.2, 0.25) is 0 Å². The zero-order valence-electron chi connectivity index (χ0n) is 16.5. The van der Waals surface area contributed by atoms with Gasteiger partial charge < -0.3 is 15.0 Å². The molecule has 3 aromatic rings. The van der Waals surface area contributed by atoms with Gasteiger partial charge in [0.25, 0.3) is 5.91 Å². The maximum Gasteiger partial charge on any atom is 0.348 e. The highest BCUT2D eigenvalue weighted by Crippen LogP contribution is 2.25. The van der Waals surface area contributed by atoms with Crippen LogP contribution in [0.25, 0.3) is 10.1 Å². The Kier molecular flexibility index (Phi) is 6.29. The van der Waals surface area contributed by atoms with Crippen molar-refractivity contribution in [2.75, 3.05) is 25.5 Å². The lowest BCUT2D eigenvalue weighted by atomic mass is 10.1. The van der Waals surface area contributed by atoms with Gasteiger partial charge in [0, 0.05) is 17.4 Å². The van der Waals surface area contributed by atoms with Crippen LogP contribution in [0.1, 0.15) is 20.8 Å². The van der Waals surface area contributed by atoms with E-state index in [4.69, 9.17) is 4.74 Å². The fourth-order valence-electron chi connectivity index (χ4n) is 2.89. The molecule has 0 spiro atoms. The van der Waals surface area contributed by atoms with E-state index in [-0.39, 0.29) is 12.5 Å². The van der Waals surface area contributed by atoms with Crippen molar-refractivity contribution < 1.29 is 19.1 Å². The standard InChI is InChI=1S/C22H22N2O4S/c1-14-7-6-8-15(2)21(14)23-19(25)12-24(3)20(26)13-28-22(27)18-11-16-9-4-5-10-17(16)29-18/h4-11H,12-13H2,1-3H3,(H,23,25). The third-order valence-electron chi connectivity index (χ3n) is 4.51. The molecule has 0 atom stereocenters. The van der Waals surface area contributed by atoms with Crippen molar-refractivity contribution >= 4 is 44.9 Å². The Labute approximate surface area is 173 Å². The number of nitrogens with zero attached hydrogens (tertiary/aromatic N) is 1. The fraction of sp³-hybridized carbons (Fsp3) is 0.227. The molecular weight excluding hydrogens is 388 g/mol. The number of para-hydroxylation sites is 1. The lowest BCUT2D eigenvalue weighted by molar-refractivity contribution is -0.136. The Bertz CT molecular complexity index is 1020. The molecule has 0 aliphatic heterocycles. The summed E-state index contributed by atoms with van der Waals surface area (Å²) < 4.78 is 6.11. The largest absolute Gasteiger partial charge is 0.451 e. The van der Waals surface area contributed by atoms with E-state index in [0.717, 1.165) is 26.9 Å². The Balaban J connectivity index is 1.52. The predicted molar refractivity (Wildman–Crippen MR) is 114 cm³/mol. The molecule has 6 nitrogen and oxygen atoms in total. The third-order valence-corrected chi connectivity index (χ3v) is 5.60. The van der Waals surface area contributed by atoms with Crippen LogP contribution in [0.3, 0.4) is 0 Å². The van der Waals surface area contributed by atoms with Gasteiger partial charge in [-0.15, -0.1) is 11.3 Å². The van der Waals surface area contributed by atoms with Crippen LogP contribution in [-0.4, -0.2) is 42.9 Å². The molecule has 3 rings (SSSR count). The molecule has 0 aliphatic carbocycles. The third kappa shape index (κ3) is 5.00. The summed E-state index contributed by atoms with van der Waals surface area (Å²) in [5.41, 5.74) is 2.64. The fourth-order valence-corrected chi connectivity index (χ4v) is 3.84. The number of ether oxygens (including phenoxy) is 1. The molecule has 0 bridgehead atoms. The van der Waals surface area contributed by atoms with Crippen molar-refractivity contribution in [1.82, 2.24) is 4.90 Å². The number of thiophene rings is 1. The first-order valence-corrected chi connectivity index (χ1v) is 9.92. The molecule has 0 radical (unpaired) electrons. The molecule has 1 aromatic heterocycles. The number of amides is 2. The van der Waals surface area contributed by atoms with Crippen LogP contribution < -0.4 is 5.32 Å². The summed E-state index contributed by atoms with van der Waals surface area (Å²) >= 11 is 1.32. The van der Waals surface area contributed by atoms with Gasteiger partial charge in [0.15, 0.2) is 6.61 Å². The van der Waals surface area contributed by atoms with Crippen LogP contribution in [0.15, 0.2) is 48.5 Å². The van der Waals surface area contributed by atoms with Gasteiger partial charge in [-0.25, -0.2) is 4.79 Å². The summed E-state index contributed by atoms with van der Waals surface area (Å²) in [5, 5.41) is 3.79. The number of esters is 1. The van der Waals surface area contributed by atoms with Crippen LogP contribution in [-0.2, 0) is 14.3 Å². The Morgan fingerprint density at radius 1 is 1.03 bits per heavy atom. The number of carbonyl (C=O) groups excluding carboxylic acids is 3. The normalized spacial score (nSPS) is 10.6. The van der Waals surface area contributed by atoms with Gasteiger partial charge >= 0.3 is 5.97 Å². The van der Waals surface area contributed by atoms with Crippen molar-refractivity contribution in [3.63, 3.8) is 0 Å². The minimum Gasteiger partial charge on any atom is -0.451 e. The highest BCUT2D eigenvalue weighted by molar-refractivity contribution is 7.20.